The average molecular weight is 286 g/mol. The van der Waals surface area contributed by atoms with Gasteiger partial charge in [-0.2, -0.15) is 0 Å². The molecule has 1 heterocycles. The number of hydrogen-bond donors (Lipinski definition) is 1. The second kappa shape index (κ2) is 5.75. The van der Waals surface area contributed by atoms with E-state index in [4.69, 9.17) is 0 Å². The molecule has 1 aromatic carbocycles. The van der Waals surface area contributed by atoms with Crippen LogP contribution in [0, 0.1) is 6.92 Å². The van der Waals surface area contributed by atoms with Crippen molar-refractivity contribution in [2.24, 2.45) is 0 Å². The number of amides is 1. The Bertz CT molecular complexity index is 610. The predicted octanol–water partition coefficient (Wildman–Crippen LogP) is 3.97. The zero-order valence-electron chi connectivity index (χ0n) is 11.6. The lowest BCUT2D eigenvalue weighted by atomic mass is 10.1. The molecule has 20 heavy (non-hydrogen) atoms. The normalized spacial score (nSPS) is 14.4. The third-order valence-corrected chi connectivity index (χ3v) is 4.67. The van der Waals surface area contributed by atoms with Gasteiger partial charge in [-0.1, -0.05) is 24.1 Å². The van der Waals surface area contributed by atoms with Crippen LogP contribution in [0.3, 0.4) is 0 Å². The minimum absolute atomic E-state index is 0.0717. The fraction of sp³-hybridized carbons (Fsp3) is 0.375. The first-order chi connectivity index (χ1) is 9.72. The number of hydrogen-bond acceptors (Lipinski definition) is 3. The van der Waals surface area contributed by atoms with Crippen LogP contribution in [0.4, 0.5) is 5.13 Å². The van der Waals surface area contributed by atoms with E-state index < -0.39 is 0 Å². The van der Waals surface area contributed by atoms with E-state index in [0.29, 0.717) is 5.56 Å². The molecule has 0 saturated heterocycles. The van der Waals surface area contributed by atoms with Crippen molar-refractivity contribution in [3.05, 3.63) is 46.0 Å². The van der Waals surface area contributed by atoms with Crippen LogP contribution < -0.4 is 5.32 Å². The molecule has 1 amide bonds. The quantitative estimate of drug-likeness (QED) is 0.849. The van der Waals surface area contributed by atoms with Gasteiger partial charge in [0.1, 0.15) is 0 Å². The molecule has 0 atom stereocenters. The van der Waals surface area contributed by atoms with Crippen molar-refractivity contribution in [1.29, 1.82) is 0 Å². The summed E-state index contributed by atoms with van der Waals surface area (Å²) in [7, 11) is 0. The van der Waals surface area contributed by atoms with E-state index in [-0.39, 0.29) is 5.91 Å². The van der Waals surface area contributed by atoms with Gasteiger partial charge >= 0.3 is 0 Å². The number of thiazole rings is 1. The Morgan fingerprint density at radius 1 is 1.25 bits per heavy atom. The number of carbonyl (C=O) groups is 1. The highest BCUT2D eigenvalue weighted by Crippen LogP contribution is 2.29. The van der Waals surface area contributed by atoms with Gasteiger partial charge in [-0.05, 0) is 44.7 Å². The Morgan fingerprint density at radius 3 is 2.95 bits per heavy atom. The van der Waals surface area contributed by atoms with Crippen LogP contribution in [-0.2, 0) is 12.8 Å². The molecule has 3 nitrogen and oxygen atoms in total. The zero-order chi connectivity index (χ0) is 13.9. The summed E-state index contributed by atoms with van der Waals surface area (Å²) in [5, 5.41) is 3.67. The molecule has 3 rings (SSSR count). The number of benzene rings is 1. The summed E-state index contributed by atoms with van der Waals surface area (Å²) >= 11 is 1.63. The lowest BCUT2D eigenvalue weighted by Gasteiger charge is -2.02. The summed E-state index contributed by atoms with van der Waals surface area (Å²) in [5.74, 6) is -0.0717. The highest BCUT2D eigenvalue weighted by atomic mass is 32.1. The number of carbonyl (C=O) groups excluding carboxylic acids is 1. The molecule has 2 aromatic rings. The van der Waals surface area contributed by atoms with Gasteiger partial charge in [0, 0.05) is 10.4 Å². The first-order valence-corrected chi connectivity index (χ1v) is 7.90. The Morgan fingerprint density at radius 2 is 2.10 bits per heavy atom. The SMILES string of the molecule is Cc1cccc(C(=O)Nc2nc3c(s2)CCCCC3)c1. The molecule has 0 bridgehead atoms. The molecule has 1 aliphatic rings. The van der Waals surface area contributed by atoms with E-state index >= 15 is 0 Å². The Balaban J connectivity index is 1.76. The minimum Gasteiger partial charge on any atom is -0.298 e. The molecule has 1 aliphatic carbocycles. The van der Waals surface area contributed by atoms with Gasteiger partial charge in [0.2, 0.25) is 0 Å². The molecule has 0 saturated carbocycles. The number of nitrogens with zero attached hydrogens (tertiary/aromatic N) is 1. The van der Waals surface area contributed by atoms with Crippen molar-refractivity contribution in [3.8, 4) is 0 Å². The maximum absolute atomic E-state index is 12.2. The van der Waals surface area contributed by atoms with Gasteiger partial charge in [0.05, 0.1) is 5.69 Å². The molecular formula is C16H18N2OS. The summed E-state index contributed by atoms with van der Waals surface area (Å²) in [6.45, 7) is 1.99. The highest BCUT2D eigenvalue weighted by molar-refractivity contribution is 7.15. The van der Waals surface area contributed by atoms with E-state index in [1.165, 1.54) is 29.8 Å². The van der Waals surface area contributed by atoms with Crippen molar-refractivity contribution < 1.29 is 4.79 Å². The number of fused-ring (bicyclic) bond motifs is 1. The van der Waals surface area contributed by atoms with E-state index in [9.17, 15) is 4.79 Å². The summed E-state index contributed by atoms with van der Waals surface area (Å²) in [4.78, 5) is 18.1. The van der Waals surface area contributed by atoms with Gasteiger partial charge in [0.25, 0.3) is 5.91 Å². The molecule has 104 valence electrons. The first kappa shape index (κ1) is 13.3. The number of aryl methyl sites for hydroxylation is 3. The van der Waals surface area contributed by atoms with Crippen LogP contribution in [0.25, 0.3) is 0 Å². The molecule has 0 radical (unpaired) electrons. The van der Waals surface area contributed by atoms with E-state index in [0.717, 1.165) is 23.5 Å². The van der Waals surface area contributed by atoms with Crippen LogP contribution in [0.5, 0.6) is 0 Å². The standard InChI is InChI=1S/C16H18N2OS/c1-11-6-5-7-12(10-11)15(19)18-16-17-13-8-3-2-4-9-14(13)20-16/h5-7,10H,2-4,8-9H2,1H3,(H,17,18,19). The fourth-order valence-electron chi connectivity index (χ4n) is 2.54. The van der Waals surface area contributed by atoms with E-state index in [1.54, 1.807) is 11.3 Å². The number of nitrogens with one attached hydrogen (secondary N) is 1. The Kier molecular flexibility index (Phi) is 3.83. The monoisotopic (exact) mass is 286 g/mol. The lowest BCUT2D eigenvalue weighted by Crippen LogP contribution is -2.11. The average Bonchev–Trinajstić information content (AvgIpc) is 2.68. The van der Waals surface area contributed by atoms with Crippen LogP contribution >= 0.6 is 11.3 Å². The maximum Gasteiger partial charge on any atom is 0.257 e. The third kappa shape index (κ3) is 2.90. The van der Waals surface area contributed by atoms with Gasteiger partial charge < -0.3 is 0 Å². The second-order valence-corrected chi connectivity index (χ2v) is 6.36. The minimum atomic E-state index is -0.0717. The molecule has 0 unspecified atom stereocenters. The second-order valence-electron chi connectivity index (χ2n) is 5.27. The Labute approximate surface area is 123 Å². The van der Waals surface area contributed by atoms with Crippen LogP contribution in [-0.4, -0.2) is 10.9 Å². The van der Waals surface area contributed by atoms with Crippen molar-refractivity contribution >= 4 is 22.4 Å². The van der Waals surface area contributed by atoms with Crippen LogP contribution in [0.2, 0.25) is 0 Å². The predicted molar refractivity (Wildman–Crippen MR) is 82.5 cm³/mol. The van der Waals surface area contributed by atoms with Gasteiger partial charge in [-0.3, -0.25) is 10.1 Å². The Hall–Kier alpha value is -1.68. The van der Waals surface area contributed by atoms with Gasteiger partial charge in [-0.25, -0.2) is 4.98 Å². The molecule has 0 aliphatic heterocycles. The molecule has 1 aromatic heterocycles. The smallest absolute Gasteiger partial charge is 0.257 e. The molecule has 0 spiro atoms. The van der Waals surface area contributed by atoms with E-state index in [2.05, 4.69) is 10.3 Å². The fourth-order valence-corrected chi connectivity index (χ4v) is 3.58. The maximum atomic E-state index is 12.2. The molecular weight excluding hydrogens is 268 g/mol. The van der Waals surface area contributed by atoms with Crippen molar-refractivity contribution in [1.82, 2.24) is 4.98 Å². The number of anilines is 1. The van der Waals surface area contributed by atoms with Gasteiger partial charge in [0.15, 0.2) is 5.13 Å². The summed E-state index contributed by atoms with van der Waals surface area (Å²) in [6.07, 6.45) is 5.88. The zero-order valence-corrected chi connectivity index (χ0v) is 12.4. The van der Waals surface area contributed by atoms with Gasteiger partial charge in [-0.15, -0.1) is 11.3 Å². The topological polar surface area (TPSA) is 42.0 Å². The third-order valence-electron chi connectivity index (χ3n) is 3.60. The first-order valence-electron chi connectivity index (χ1n) is 7.09. The molecule has 1 N–H and O–H groups in total. The summed E-state index contributed by atoms with van der Waals surface area (Å²) in [6, 6.07) is 7.62. The van der Waals surface area contributed by atoms with Crippen molar-refractivity contribution in [2.75, 3.05) is 5.32 Å². The largest absolute Gasteiger partial charge is 0.298 e. The number of rotatable bonds is 2. The van der Waals surface area contributed by atoms with Crippen LogP contribution in [0.1, 0.15) is 45.8 Å². The van der Waals surface area contributed by atoms with E-state index in [1.807, 2.05) is 31.2 Å². The lowest BCUT2D eigenvalue weighted by molar-refractivity contribution is 0.102. The van der Waals surface area contributed by atoms with Crippen molar-refractivity contribution in [2.45, 2.75) is 39.0 Å². The van der Waals surface area contributed by atoms with Crippen molar-refractivity contribution in [3.63, 3.8) is 0 Å². The number of aromatic nitrogens is 1. The molecule has 0 fully saturated rings. The van der Waals surface area contributed by atoms with Crippen LogP contribution in [0.15, 0.2) is 24.3 Å². The molecule has 4 heteroatoms. The summed E-state index contributed by atoms with van der Waals surface area (Å²) in [5.41, 5.74) is 2.97. The summed E-state index contributed by atoms with van der Waals surface area (Å²) < 4.78 is 0. The highest BCUT2D eigenvalue weighted by Gasteiger charge is 2.15.